The third-order valence-electron chi connectivity index (χ3n) is 5.33. The molecule has 1 heterocycles. The Morgan fingerprint density at radius 3 is 2.62 bits per heavy atom. The first kappa shape index (κ1) is 20.2. The van der Waals surface area contributed by atoms with Crippen LogP contribution in [0.4, 0.5) is 14.9 Å². The normalized spacial score (nSPS) is 17.7. The maximum absolute atomic E-state index is 13.7. The van der Waals surface area contributed by atoms with E-state index >= 15 is 0 Å². The van der Waals surface area contributed by atoms with Crippen LogP contribution in [0, 0.1) is 11.7 Å². The van der Waals surface area contributed by atoms with Crippen molar-refractivity contribution in [2.24, 2.45) is 11.7 Å². The van der Waals surface area contributed by atoms with Gasteiger partial charge < -0.3 is 21.3 Å². The summed E-state index contributed by atoms with van der Waals surface area (Å²) >= 11 is 0. The van der Waals surface area contributed by atoms with Crippen molar-refractivity contribution >= 4 is 17.6 Å². The Kier molecular flexibility index (Phi) is 6.97. The predicted molar refractivity (Wildman–Crippen MR) is 100 cm³/mol. The highest BCUT2D eigenvalue weighted by molar-refractivity contribution is 5.90. The number of hydrogen-bond acceptors (Lipinski definition) is 3. The van der Waals surface area contributed by atoms with Crippen LogP contribution in [0.15, 0.2) is 24.3 Å². The molecule has 0 aromatic heterocycles. The molecule has 2 rings (SSSR count). The van der Waals surface area contributed by atoms with Gasteiger partial charge in [-0.1, -0.05) is 26.0 Å². The van der Waals surface area contributed by atoms with Crippen molar-refractivity contribution in [2.75, 3.05) is 25.0 Å². The molecule has 1 saturated heterocycles. The van der Waals surface area contributed by atoms with Gasteiger partial charge in [-0.15, -0.1) is 0 Å². The number of nitrogens with two attached hydrogens (primary N) is 1. The molecule has 0 spiro atoms. The molecule has 4 N–H and O–H groups in total. The number of nitrogens with zero attached hydrogens (tertiary/aromatic N) is 1. The molecule has 7 heteroatoms. The van der Waals surface area contributed by atoms with E-state index in [1.165, 1.54) is 12.1 Å². The van der Waals surface area contributed by atoms with Crippen molar-refractivity contribution in [3.63, 3.8) is 0 Å². The second kappa shape index (κ2) is 8.98. The lowest BCUT2D eigenvalue weighted by Gasteiger charge is -2.36. The first-order valence-electron chi connectivity index (χ1n) is 9.27. The summed E-state index contributed by atoms with van der Waals surface area (Å²) in [7, 11) is 0. The number of halogens is 1. The molecule has 1 unspecified atom stereocenters. The van der Waals surface area contributed by atoms with Gasteiger partial charge in [0.15, 0.2) is 0 Å². The molecule has 26 heavy (non-hydrogen) atoms. The van der Waals surface area contributed by atoms with Crippen LogP contribution in [-0.4, -0.2) is 42.0 Å². The first-order chi connectivity index (χ1) is 12.4. The molecule has 0 bridgehead atoms. The van der Waals surface area contributed by atoms with Gasteiger partial charge in [0.1, 0.15) is 5.82 Å². The summed E-state index contributed by atoms with van der Waals surface area (Å²) in [6.07, 6.45) is 2.98. The lowest BCUT2D eigenvalue weighted by atomic mass is 9.90. The van der Waals surface area contributed by atoms with Gasteiger partial charge in [0.05, 0.1) is 17.1 Å². The maximum atomic E-state index is 13.7. The molecule has 1 aromatic carbocycles. The second-order valence-electron chi connectivity index (χ2n) is 6.88. The Morgan fingerprint density at radius 1 is 1.31 bits per heavy atom. The standard InChI is InChI=1S/C19H29FN4O2/c1-3-19(4-2,13-21)23-17(25)14-8-7-11-24(12-14)18(26)22-16-10-6-5-9-15(16)20/h5-6,9-10,14H,3-4,7-8,11-13,21H2,1-2H3,(H,22,26)(H,23,25). The molecule has 3 amide bonds. The third-order valence-corrected chi connectivity index (χ3v) is 5.33. The van der Waals surface area contributed by atoms with Crippen molar-refractivity contribution in [3.05, 3.63) is 30.1 Å². The van der Waals surface area contributed by atoms with E-state index in [1.807, 2.05) is 13.8 Å². The van der Waals surface area contributed by atoms with Crippen LogP contribution >= 0.6 is 0 Å². The Bertz CT molecular complexity index is 625. The summed E-state index contributed by atoms with van der Waals surface area (Å²) in [6.45, 7) is 5.27. The summed E-state index contributed by atoms with van der Waals surface area (Å²) in [5.74, 6) is -0.826. The number of amides is 3. The number of likely N-dealkylation sites (tertiary alicyclic amines) is 1. The number of carbonyl (C=O) groups excluding carboxylic acids is 2. The fourth-order valence-corrected chi connectivity index (χ4v) is 3.26. The van der Waals surface area contributed by atoms with Crippen molar-refractivity contribution in [1.82, 2.24) is 10.2 Å². The zero-order chi connectivity index (χ0) is 19.2. The van der Waals surface area contributed by atoms with Crippen LogP contribution in [0.3, 0.4) is 0 Å². The number of benzene rings is 1. The highest BCUT2D eigenvalue weighted by Crippen LogP contribution is 2.21. The number of para-hydroxylation sites is 1. The van der Waals surface area contributed by atoms with Crippen LogP contribution in [-0.2, 0) is 4.79 Å². The smallest absolute Gasteiger partial charge is 0.321 e. The Morgan fingerprint density at radius 2 is 2.00 bits per heavy atom. The van der Waals surface area contributed by atoms with E-state index in [0.717, 1.165) is 25.7 Å². The van der Waals surface area contributed by atoms with E-state index in [1.54, 1.807) is 17.0 Å². The molecule has 0 aliphatic carbocycles. The van der Waals surface area contributed by atoms with Gasteiger partial charge in [-0.05, 0) is 37.8 Å². The number of hydrogen-bond donors (Lipinski definition) is 3. The topological polar surface area (TPSA) is 87.5 Å². The number of rotatable bonds is 6. The summed E-state index contributed by atoms with van der Waals surface area (Å²) in [4.78, 5) is 26.7. The van der Waals surface area contributed by atoms with E-state index in [9.17, 15) is 14.0 Å². The van der Waals surface area contributed by atoms with Crippen LogP contribution in [0.5, 0.6) is 0 Å². The van der Waals surface area contributed by atoms with E-state index in [0.29, 0.717) is 19.6 Å². The third kappa shape index (κ3) is 4.72. The molecule has 1 aliphatic heterocycles. The van der Waals surface area contributed by atoms with Crippen molar-refractivity contribution < 1.29 is 14.0 Å². The number of anilines is 1. The first-order valence-corrected chi connectivity index (χ1v) is 9.27. The highest BCUT2D eigenvalue weighted by atomic mass is 19.1. The molecular formula is C19H29FN4O2. The molecule has 1 aromatic rings. The van der Waals surface area contributed by atoms with Crippen LogP contribution in [0.2, 0.25) is 0 Å². The molecule has 1 fully saturated rings. The van der Waals surface area contributed by atoms with Crippen LogP contribution in [0.25, 0.3) is 0 Å². The van der Waals surface area contributed by atoms with Gasteiger partial charge in [0.25, 0.3) is 0 Å². The molecule has 144 valence electrons. The number of piperidine rings is 1. The minimum atomic E-state index is -0.481. The Labute approximate surface area is 154 Å². The molecular weight excluding hydrogens is 335 g/mol. The van der Waals surface area contributed by atoms with E-state index in [4.69, 9.17) is 5.73 Å². The molecule has 0 radical (unpaired) electrons. The molecule has 1 atom stereocenters. The van der Waals surface area contributed by atoms with Gasteiger partial charge in [-0.25, -0.2) is 9.18 Å². The SMILES string of the molecule is CCC(CC)(CN)NC(=O)C1CCCN(C(=O)Nc2ccccc2F)C1. The maximum Gasteiger partial charge on any atom is 0.321 e. The molecule has 0 saturated carbocycles. The lowest BCUT2D eigenvalue weighted by Crippen LogP contribution is -2.56. The average molecular weight is 364 g/mol. The van der Waals surface area contributed by atoms with E-state index in [-0.39, 0.29) is 23.5 Å². The second-order valence-corrected chi connectivity index (χ2v) is 6.88. The minimum absolute atomic E-state index is 0.0671. The predicted octanol–water partition coefficient (Wildman–Crippen LogP) is 2.70. The summed E-state index contributed by atoms with van der Waals surface area (Å²) in [5, 5.41) is 5.67. The number of nitrogens with one attached hydrogen (secondary N) is 2. The fraction of sp³-hybridized carbons (Fsp3) is 0.579. The van der Waals surface area contributed by atoms with Crippen LogP contribution in [0.1, 0.15) is 39.5 Å². The van der Waals surface area contributed by atoms with Crippen molar-refractivity contribution in [2.45, 2.75) is 45.1 Å². The zero-order valence-electron chi connectivity index (χ0n) is 15.6. The van der Waals surface area contributed by atoms with Crippen molar-refractivity contribution in [3.8, 4) is 0 Å². The quantitative estimate of drug-likeness (QED) is 0.725. The minimum Gasteiger partial charge on any atom is -0.349 e. The highest BCUT2D eigenvalue weighted by Gasteiger charge is 2.33. The average Bonchev–Trinajstić information content (AvgIpc) is 2.68. The van der Waals surface area contributed by atoms with Gasteiger partial charge in [0, 0.05) is 19.6 Å². The largest absolute Gasteiger partial charge is 0.349 e. The van der Waals surface area contributed by atoms with Gasteiger partial charge in [0.2, 0.25) is 5.91 Å². The number of carbonyl (C=O) groups is 2. The van der Waals surface area contributed by atoms with Gasteiger partial charge in [-0.3, -0.25) is 4.79 Å². The van der Waals surface area contributed by atoms with E-state index < -0.39 is 11.4 Å². The summed E-state index contributed by atoms with van der Waals surface area (Å²) < 4.78 is 13.7. The Balaban J connectivity index is 1.98. The van der Waals surface area contributed by atoms with Gasteiger partial charge >= 0.3 is 6.03 Å². The lowest BCUT2D eigenvalue weighted by molar-refractivity contribution is -0.128. The Hall–Kier alpha value is -2.15. The van der Waals surface area contributed by atoms with Gasteiger partial charge in [-0.2, -0.15) is 0 Å². The monoisotopic (exact) mass is 364 g/mol. The van der Waals surface area contributed by atoms with E-state index in [2.05, 4.69) is 10.6 Å². The summed E-state index contributed by atoms with van der Waals surface area (Å²) in [5.41, 5.74) is 5.61. The summed E-state index contributed by atoms with van der Waals surface area (Å²) in [6, 6.07) is 5.65. The number of urea groups is 1. The fourth-order valence-electron chi connectivity index (χ4n) is 3.26. The zero-order valence-corrected chi connectivity index (χ0v) is 15.6. The van der Waals surface area contributed by atoms with Crippen molar-refractivity contribution in [1.29, 1.82) is 0 Å². The molecule has 1 aliphatic rings. The molecule has 6 nitrogen and oxygen atoms in total. The van der Waals surface area contributed by atoms with Crippen LogP contribution < -0.4 is 16.4 Å².